The highest BCUT2D eigenvalue weighted by Gasteiger charge is 2.28. The first-order valence-electron chi connectivity index (χ1n) is 10.8. The molecule has 5 nitrogen and oxygen atoms in total. The molecule has 3 aromatic carbocycles. The average molecular weight is 449 g/mol. The molecule has 0 aromatic heterocycles. The van der Waals surface area contributed by atoms with Crippen molar-refractivity contribution in [2.24, 2.45) is 0 Å². The van der Waals surface area contributed by atoms with Crippen LogP contribution in [0.1, 0.15) is 33.1 Å². The molecule has 0 spiro atoms. The fraction of sp³-hybridized carbons (Fsp3) is 0.269. The molecule has 0 atom stereocenters. The van der Waals surface area contributed by atoms with E-state index >= 15 is 0 Å². The Hall–Kier alpha value is -2.96. The Morgan fingerprint density at radius 2 is 1.28 bits per heavy atom. The van der Waals surface area contributed by atoms with E-state index in [2.05, 4.69) is 53.4 Å². The molecule has 0 radical (unpaired) electrons. The van der Waals surface area contributed by atoms with Gasteiger partial charge in [0.25, 0.3) is 5.91 Å². The highest BCUT2D eigenvalue weighted by molar-refractivity contribution is 7.89. The summed E-state index contributed by atoms with van der Waals surface area (Å²) in [5.74, 6) is -0.0212. The number of amides is 1. The second-order valence-electron chi connectivity index (χ2n) is 8.32. The zero-order chi connectivity index (χ0) is 22.6. The summed E-state index contributed by atoms with van der Waals surface area (Å²) in [6.45, 7) is 2.87. The normalized spacial score (nSPS) is 15.1. The van der Waals surface area contributed by atoms with Crippen LogP contribution >= 0.6 is 0 Å². The Morgan fingerprint density at radius 1 is 0.781 bits per heavy atom. The largest absolute Gasteiger partial charge is 0.336 e. The van der Waals surface area contributed by atoms with E-state index in [1.54, 1.807) is 24.3 Å². The Kier molecular flexibility index (Phi) is 6.72. The van der Waals surface area contributed by atoms with Crippen molar-refractivity contribution >= 4 is 15.7 Å². The highest BCUT2D eigenvalue weighted by atomic mass is 32.2. The van der Waals surface area contributed by atoms with Gasteiger partial charge in [-0.15, -0.1) is 0 Å². The van der Waals surface area contributed by atoms with Crippen molar-refractivity contribution in [3.63, 3.8) is 0 Å². The first-order valence-corrected chi connectivity index (χ1v) is 12.9. The molecule has 6 heteroatoms. The standard InChI is InChI=1S/C26H28N2O3S/c1-32(30,31)20-21-12-14-24(15-13-21)26(29)28-18-16-27(17-19-28)25(22-8-4-2-5-9-22)23-10-6-3-7-11-23/h2-15,25H,16-20H2,1H3. The predicted octanol–water partition coefficient (Wildman–Crippen LogP) is 3.78. The molecule has 0 aliphatic carbocycles. The topological polar surface area (TPSA) is 57.7 Å². The SMILES string of the molecule is CS(=O)(=O)Cc1ccc(C(=O)N2CCN(C(c3ccccc3)c3ccccc3)CC2)cc1. The van der Waals surface area contributed by atoms with Crippen LogP contribution in [-0.4, -0.2) is 56.6 Å². The van der Waals surface area contributed by atoms with Gasteiger partial charge in [-0.1, -0.05) is 72.8 Å². The number of benzene rings is 3. The molecule has 1 heterocycles. The number of carbonyl (C=O) groups excluding carboxylic acids is 1. The van der Waals surface area contributed by atoms with Crippen LogP contribution in [0.15, 0.2) is 84.9 Å². The van der Waals surface area contributed by atoms with Gasteiger partial charge in [0.15, 0.2) is 9.84 Å². The summed E-state index contributed by atoms with van der Waals surface area (Å²) in [4.78, 5) is 17.3. The van der Waals surface area contributed by atoms with Gasteiger partial charge in [0, 0.05) is 38.0 Å². The molecule has 0 unspecified atom stereocenters. The number of carbonyl (C=O) groups is 1. The minimum Gasteiger partial charge on any atom is -0.336 e. The first kappa shape index (κ1) is 22.2. The van der Waals surface area contributed by atoms with Gasteiger partial charge in [-0.25, -0.2) is 8.42 Å². The van der Waals surface area contributed by atoms with Crippen LogP contribution in [0.5, 0.6) is 0 Å². The summed E-state index contributed by atoms with van der Waals surface area (Å²) in [6, 6.07) is 28.0. The third kappa shape index (κ3) is 5.44. The molecule has 0 bridgehead atoms. The number of rotatable bonds is 6. The highest BCUT2D eigenvalue weighted by Crippen LogP contribution is 2.29. The lowest BCUT2D eigenvalue weighted by atomic mass is 9.96. The molecule has 1 amide bonds. The van der Waals surface area contributed by atoms with Gasteiger partial charge >= 0.3 is 0 Å². The third-order valence-electron chi connectivity index (χ3n) is 5.83. The van der Waals surface area contributed by atoms with Gasteiger partial charge in [-0.2, -0.15) is 0 Å². The van der Waals surface area contributed by atoms with Crippen molar-refractivity contribution in [2.75, 3.05) is 32.4 Å². The third-order valence-corrected chi connectivity index (χ3v) is 6.68. The van der Waals surface area contributed by atoms with Crippen LogP contribution in [0.25, 0.3) is 0 Å². The summed E-state index contributed by atoms with van der Waals surface area (Å²) in [6.07, 6.45) is 1.21. The van der Waals surface area contributed by atoms with Gasteiger partial charge < -0.3 is 4.90 Å². The van der Waals surface area contributed by atoms with E-state index in [1.807, 2.05) is 17.0 Å². The van der Waals surface area contributed by atoms with Gasteiger partial charge in [0.1, 0.15) is 0 Å². The van der Waals surface area contributed by atoms with Crippen molar-refractivity contribution in [1.29, 1.82) is 0 Å². The Labute approximate surface area is 190 Å². The maximum atomic E-state index is 13.0. The van der Waals surface area contributed by atoms with Crippen molar-refractivity contribution in [2.45, 2.75) is 11.8 Å². The minimum atomic E-state index is -3.09. The predicted molar refractivity (Wildman–Crippen MR) is 127 cm³/mol. The maximum Gasteiger partial charge on any atom is 0.253 e. The molecule has 0 saturated carbocycles. The number of piperazine rings is 1. The van der Waals surface area contributed by atoms with E-state index in [0.29, 0.717) is 24.2 Å². The van der Waals surface area contributed by atoms with Crippen LogP contribution in [0.4, 0.5) is 0 Å². The summed E-state index contributed by atoms with van der Waals surface area (Å²) in [5, 5.41) is 0. The van der Waals surface area contributed by atoms with E-state index < -0.39 is 9.84 Å². The van der Waals surface area contributed by atoms with Crippen LogP contribution in [0.2, 0.25) is 0 Å². The molecular formula is C26H28N2O3S. The van der Waals surface area contributed by atoms with Crippen LogP contribution in [-0.2, 0) is 15.6 Å². The fourth-order valence-corrected chi connectivity index (χ4v) is 5.09. The molecule has 166 valence electrons. The first-order chi connectivity index (χ1) is 15.4. The summed E-state index contributed by atoms with van der Waals surface area (Å²) < 4.78 is 23.0. The van der Waals surface area contributed by atoms with Crippen molar-refractivity contribution in [1.82, 2.24) is 9.80 Å². The molecule has 3 aromatic rings. The average Bonchev–Trinajstić information content (AvgIpc) is 2.80. The Bertz CT molecular complexity index is 1100. The second kappa shape index (κ2) is 9.67. The Balaban J connectivity index is 1.45. The monoisotopic (exact) mass is 448 g/mol. The van der Waals surface area contributed by atoms with E-state index in [-0.39, 0.29) is 17.7 Å². The van der Waals surface area contributed by atoms with Crippen molar-refractivity contribution in [3.8, 4) is 0 Å². The van der Waals surface area contributed by atoms with E-state index in [0.717, 1.165) is 13.1 Å². The van der Waals surface area contributed by atoms with Gasteiger partial charge in [0.2, 0.25) is 0 Å². The minimum absolute atomic E-state index is 0.00784. The van der Waals surface area contributed by atoms with Crippen LogP contribution < -0.4 is 0 Å². The van der Waals surface area contributed by atoms with E-state index in [1.165, 1.54) is 17.4 Å². The quantitative estimate of drug-likeness (QED) is 0.576. The lowest BCUT2D eigenvalue weighted by Gasteiger charge is -2.39. The zero-order valence-electron chi connectivity index (χ0n) is 18.2. The molecule has 32 heavy (non-hydrogen) atoms. The number of nitrogens with zero attached hydrogens (tertiary/aromatic N) is 2. The van der Waals surface area contributed by atoms with Crippen molar-refractivity contribution in [3.05, 3.63) is 107 Å². The molecular weight excluding hydrogens is 420 g/mol. The summed E-state index contributed by atoms with van der Waals surface area (Å²) >= 11 is 0. The molecule has 1 aliphatic rings. The second-order valence-corrected chi connectivity index (χ2v) is 10.5. The van der Waals surface area contributed by atoms with Gasteiger partial charge in [-0.05, 0) is 28.8 Å². The lowest BCUT2D eigenvalue weighted by molar-refractivity contribution is 0.0597. The van der Waals surface area contributed by atoms with Gasteiger partial charge in [0.05, 0.1) is 11.8 Å². The summed E-state index contributed by atoms with van der Waals surface area (Å²) in [5.41, 5.74) is 3.79. The van der Waals surface area contributed by atoms with Crippen molar-refractivity contribution < 1.29 is 13.2 Å². The summed E-state index contributed by atoms with van der Waals surface area (Å²) in [7, 11) is -3.09. The van der Waals surface area contributed by atoms with Gasteiger partial charge in [-0.3, -0.25) is 9.69 Å². The van der Waals surface area contributed by atoms with E-state index in [9.17, 15) is 13.2 Å². The smallest absolute Gasteiger partial charge is 0.253 e. The molecule has 4 rings (SSSR count). The van der Waals surface area contributed by atoms with Crippen LogP contribution in [0, 0.1) is 0 Å². The lowest BCUT2D eigenvalue weighted by Crippen LogP contribution is -2.49. The maximum absolute atomic E-state index is 13.0. The molecule has 1 fully saturated rings. The zero-order valence-corrected chi connectivity index (χ0v) is 19.0. The van der Waals surface area contributed by atoms with Crippen LogP contribution in [0.3, 0.4) is 0 Å². The molecule has 1 aliphatic heterocycles. The number of hydrogen-bond donors (Lipinski definition) is 0. The molecule has 0 N–H and O–H groups in total. The Morgan fingerprint density at radius 3 is 1.75 bits per heavy atom. The number of sulfone groups is 1. The van der Waals surface area contributed by atoms with E-state index in [4.69, 9.17) is 0 Å². The molecule has 1 saturated heterocycles. The number of hydrogen-bond acceptors (Lipinski definition) is 4. The fourth-order valence-electron chi connectivity index (χ4n) is 4.30.